The number of thiophene rings is 1. The van der Waals surface area contributed by atoms with Gasteiger partial charge in [-0.15, -0.1) is 11.3 Å². The summed E-state index contributed by atoms with van der Waals surface area (Å²) in [6.45, 7) is 13.1. The van der Waals surface area contributed by atoms with E-state index < -0.39 is 0 Å². The summed E-state index contributed by atoms with van der Waals surface area (Å²) >= 11 is 1.89. The lowest BCUT2D eigenvalue weighted by molar-refractivity contribution is 0.0954. The molecule has 2 aromatic rings. The van der Waals surface area contributed by atoms with Gasteiger partial charge in [-0.3, -0.25) is 4.90 Å². The third-order valence-corrected chi connectivity index (χ3v) is 6.15. The predicted octanol–water partition coefficient (Wildman–Crippen LogP) is 5.23. The van der Waals surface area contributed by atoms with Gasteiger partial charge in [-0.2, -0.15) is 0 Å². The van der Waals surface area contributed by atoms with Crippen LogP contribution in [0.3, 0.4) is 0 Å². The third-order valence-electron chi connectivity index (χ3n) is 5.14. The molecule has 0 aliphatic carbocycles. The van der Waals surface area contributed by atoms with E-state index in [0.717, 1.165) is 18.5 Å². The number of nitrogens with zero attached hydrogens (tertiary/aromatic N) is 2. The van der Waals surface area contributed by atoms with Crippen LogP contribution >= 0.6 is 11.3 Å². The van der Waals surface area contributed by atoms with Gasteiger partial charge in [-0.1, -0.05) is 39.0 Å². The SMILES string of the molecule is CCCN(CC(C)C)C1CCN(Cc2csc3ccccc23)CC1. The Morgan fingerprint density at radius 1 is 1.21 bits per heavy atom. The number of piperidine rings is 1. The van der Waals surface area contributed by atoms with Crippen LogP contribution in [-0.2, 0) is 6.54 Å². The summed E-state index contributed by atoms with van der Waals surface area (Å²) in [6.07, 6.45) is 3.93. The molecule has 0 unspecified atom stereocenters. The Balaban J connectivity index is 1.56. The highest BCUT2D eigenvalue weighted by Crippen LogP contribution is 2.28. The standard InChI is InChI=1S/C21H32N2S/c1-4-11-23(14-17(2)3)19-9-12-22(13-10-19)15-18-16-24-21-8-6-5-7-20(18)21/h5-8,16-17,19H,4,9-15H2,1-3H3. The van der Waals surface area contributed by atoms with E-state index in [4.69, 9.17) is 0 Å². The van der Waals surface area contributed by atoms with E-state index in [1.54, 1.807) is 0 Å². The van der Waals surface area contributed by atoms with E-state index in [-0.39, 0.29) is 0 Å². The number of hydrogen-bond acceptors (Lipinski definition) is 3. The van der Waals surface area contributed by atoms with Crippen molar-refractivity contribution in [3.8, 4) is 0 Å². The van der Waals surface area contributed by atoms with Gasteiger partial charge in [-0.25, -0.2) is 0 Å². The lowest BCUT2D eigenvalue weighted by Crippen LogP contribution is -2.46. The summed E-state index contributed by atoms with van der Waals surface area (Å²) in [6, 6.07) is 9.62. The van der Waals surface area contributed by atoms with Gasteiger partial charge >= 0.3 is 0 Å². The van der Waals surface area contributed by atoms with Crippen LogP contribution in [0.1, 0.15) is 45.6 Å². The second kappa shape index (κ2) is 8.46. The summed E-state index contributed by atoms with van der Waals surface area (Å²) < 4.78 is 1.42. The Kier molecular flexibility index (Phi) is 6.31. The molecule has 0 atom stereocenters. The normalized spacial score (nSPS) is 17.4. The van der Waals surface area contributed by atoms with Crippen LogP contribution in [0.4, 0.5) is 0 Å². The van der Waals surface area contributed by atoms with Crippen LogP contribution in [0.2, 0.25) is 0 Å². The highest BCUT2D eigenvalue weighted by Gasteiger charge is 2.24. The molecule has 0 radical (unpaired) electrons. The zero-order chi connectivity index (χ0) is 16.9. The third kappa shape index (κ3) is 4.38. The smallest absolute Gasteiger partial charge is 0.0346 e. The van der Waals surface area contributed by atoms with Crippen molar-refractivity contribution in [1.29, 1.82) is 0 Å². The number of rotatable bonds is 7. The molecule has 0 spiro atoms. The first-order valence-electron chi connectivity index (χ1n) is 9.59. The second-order valence-corrected chi connectivity index (χ2v) is 8.56. The fraction of sp³-hybridized carbons (Fsp3) is 0.619. The van der Waals surface area contributed by atoms with Crippen LogP contribution in [0.15, 0.2) is 29.6 Å². The summed E-state index contributed by atoms with van der Waals surface area (Å²) in [7, 11) is 0. The van der Waals surface area contributed by atoms with Crippen molar-refractivity contribution in [2.24, 2.45) is 5.92 Å². The zero-order valence-electron chi connectivity index (χ0n) is 15.5. The largest absolute Gasteiger partial charge is 0.300 e. The molecule has 3 rings (SSSR count). The van der Waals surface area contributed by atoms with E-state index in [9.17, 15) is 0 Å². The molecule has 3 heteroatoms. The summed E-state index contributed by atoms with van der Waals surface area (Å²) in [5, 5.41) is 3.82. The van der Waals surface area contributed by atoms with Gasteiger partial charge < -0.3 is 4.90 Å². The van der Waals surface area contributed by atoms with Crippen molar-refractivity contribution in [2.75, 3.05) is 26.2 Å². The highest BCUT2D eigenvalue weighted by molar-refractivity contribution is 7.17. The van der Waals surface area contributed by atoms with Gasteiger partial charge in [0.05, 0.1) is 0 Å². The van der Waals surface area contributed by atoms with Gasteiger partial charge in [0, 0.05) is 23.8 Å². The maximum absolute atomic E-state index is 2.75. The highest BCUT2D eigenvalue weighted by atomic mass is 32.1. The molecule has 1 aliphatic heterocycles. The van der Waals surface area contributed by atoms with Crippen LogP contribution < -0.4 is 0 Å². The van der Waals surface area contributed by atoms with E-state index in [1.807, 2.05) is 11.3 Å². The van der Waals surface area contributed by atoms with E-state index >= 15 is 0 Å². The first-order chi connectivity index (χ1) is 11.7. The molecule has 1 aliphatic rings. The minimum atomic E-state index is 0.770. The van der Waals surface area contributed by atoms with Crippen molar-refractivity contribution < 1.29 is 0 Å². The fourth-order valence-corrected chi connectivity index (χ4v) is 4.97. The number of benzene rings is 1. The van der Waals surface area contributed by atoms with E-state index in [1.165, 1.54) is 61.1 Å². The Labute approximate surface area is 151 Å². The van der Waals surface area contributed by atoms with Crippen molar-refractivity contribution >= 4 is 21.4 Å². The second-order valence-electron chi connectivity index (χ2n) is 7.65. The van der Waals surface area contributed by atoms with Crippen LogP contribution in [0.25, 0.3) is 10.1 Å². The molecule has 1 aromatic carbocycles. The molecule has 24 heavy (non-hydrogen) atoms. The van der Waals surface area contributed by atoms with Crippen LogP contribution in [-0.4, -0.2) is 42.0 Å². The molecule has 1 saturated heterocycles. The maximum atomic E-state index is 2.75. The van der Waals surface area contributed by atoms with E-state index in [2.05, 4.69) is 60.2 Å². The Morgan fingerprint density at radius 2 is 1.96 bits per heavy atom. The Morgan fingerprint density at radius 3 is 2.67 bits per heavy atom. The monoisotopic (exact) mass is 344 g/mol. The number of likely N-dealkylation sites (tertiary alicyclic amines) is 1. The van der Waals surface area contributed by atoms with Gasteiger partial charge in [0.25, 0.3) is 0 Å². The first-order valence-corrected chi connectivity index (χ1v) is 10.5. The molecule has 0 saturated carbocycles. The summed E-state index contributed by atoms with van der Waals surface area (Å²) in [4.78, 5) is 5.41. The molecule has 0 N–H and O–H groups in total. The summed E-state index contributed by atoms with van der Waals surface area (Å²) in [5.74, 6) is 0.770. The van der Waals surface area contributed by atoms with Gasteiger partial charge in [-0.05, 0) is 67.2 Å². The fourth-order valence-electron chi connectivity index (χ4n) is 4.02. The lowest BCUT2D eigenvalue weighted by atomic mass is 10.0. The van der Waals surface area contributed by atoms with Crippen molar-refractivity contribution in [1.82, 2.24) is 9.80 Å². The Hall–Kier alpha value is -0.900. The molecule has 132 valence electrons. The topological polar surface area (TPSA) is 6.48 Å². The summed E-state index contributed by atoms with van der Waals surface area (Å²) in [5.41, 5.74) is 1.52. The number of fused-ring (bicyclic) bond motifs is 1. The van der Waals surface area contributed by atoms with E-state index in [0.29, 0.717) is 0 Å². The molecule has 1 aromatic heterocycles. The lowest BCUT2D eigenvalue weighted by Gasteiger charge is -2.39. The van der Waals surface area contributed by atoms with Crippen molar-refractivity contribution in [2.45, 2.75) is 52.6 Å². The molecular weight excluding hydrogens is 312 g/mol. The molecule has 0 bridgehead atoms. The average molecular weight is 345 g/mol. The average Bonchev–Trinajstić information content (AvgIpc) is 2.98. The molecular formula is C21H32N2S. The first kappa shape index (κ1) is 17.9. The van der Waals surface area contributed by atoms with Crippen LogP contribution in [0, 0.1) is 5.92 Å². The van der Waals surface area contributed by atoms with Crippen molar-refractivity contribution in [3.63, 3.8) is 0 Å². The quantitative estimate of drug-likeness (QED) is 0.678. The van der Waals surface area contributed by atoms with Crippen LogP contribution in [0.5, 0.6) is 0 Å². The maximum Gasteiger partial charge on any atom is 0.0346 e. The molecule has 2 nitrogen and oxygen atoms in total. The minimum Gasteiger partial charge on any atom is -0.300 e. The number of hydrogen-bond donors (Lipinski definition) is 0. The van der Waals surface area contributed by atoms with Crippen molar-refractivity contribution in [3.05, 3.63) is 35.2 Å². The molecule has 0 amide bonds. The Bertz CT molecular complexity index is 626. The van der Waals surface area contributed by atoms with Gasteiger partial charge in [0.15, 0.2) is 0 Å². The zero-order valence-corrected chi connectivity index (χ0v) is 16.3. The molecule has 2 heterocycles. The predicted molar refractivity (Wildman–Crippen MR) is 107 cm³/mol. The minimum absolute atomic E-state index is 0.770. The molecule has 1 fully saturated rings. The van der Waals surface area contributed by atoms with Gasteiger partial charge in [0.1, 0.15) is 0 Å². The van der Waals surface area contributed by atoms with Gasteiger partial charge in [0.2, 0.25) is 0 Å².